The first-order valence-corrected chi connectivity index (χ1v) is 20.4. The second-order valence-corrected chi connectivity index (χ2v) is 15.6. The van der Waals surface area contributed by atoms with Gasteiger partial charge in [-0.2, -0.15) is 0 Å². The van der Waals surface area contributed by atoms with Crippen LogP contribution in [0, 0.1) is 0 Å². The molecule has 0 N–H and O–H groups in total. The van der Waals surface area contributed by atoms with Crippen LogP contribution in [0.15, 0.2) is 203 Å². The Hall–Kier alpha value is -8.35. The van der Waals surface area contributed by atoms with Gasteiger partial charge in [-0.1, -0.05) is 140 Å². The molecule has 0 bridgehead atoms. The van der Waals surface area contributed by atoms with E-state index in [1.807, 2.05) is 42.5 Å². The Kier molecular flexibility index (Phi) is 7.21. The first-order chi connectivity index (χ1) is 30.2. The lowest BCUT2D eigenvalue weighted by atomic mass is 10.0. The van der Waals surface area contributed by atoms with Crippen LogP contribution in [0.3, 0.4) is 0 Å². The molecule has 0 unspecified atom stereocenters. The standard InChI is InChI=1S/C55H32N4O2/c1-2-12-33(13-3-1)34-22-24-35(25-23-34)53-56-54(38-26-27-42-41-17-7-10-20-48(41)60-50(42)31-38)58-55(57-53)39-30-47(52-43-18-8-11-21-49(43)61-51(52)32-39)59-45-19-9-6-16-40(45)44-28-36-14-4-5-15-37(36)29-46(44)59/h1-32H. The molecule has 61 heavy (non-hydrogen) atoms. The van der Waals surface area contributed by atoms with E-state index in [1.54, 1.807) is 0 Å². The molecule has 0 atom stereocenters. The Morgan fingerprint density at radius 2 is 0.852 bits per heavy atom. The highest BCUT2D eigenvalue weighted by atomic mass is 16.3. The smallest absolute Gasteiger partial charge is 0.164 e. The van der Waals surface area contributed by atoms with Gasteiger partial charge in [0.2, 0.25) is 0 Å². The van der Waals surface area contributed by atoms with Crippen LogP contribution in [0.5, 0.6) is 0 Å². The number of benzene rings is 9. The van der Waals surface area contributed by atoms with E-state index in [1.165, 1.54) is 21.5 Å². The molecule has 0 amide bonds. The van der Waals surface area contributed by atoms with E-state index >= 15 is 0 Å². The van der Waals surface area contributed by atoms with E-state index in [2.05, 4.69) is 156 Å². The number of rotatable bonds is 5. The van der Waals surface area contributed by atoms with Crippen molar-refractivity contribution in [2.45, 2.75) is 0 Å². The third-order valence-corrected chi connectivity index (χ3v) is 12.0. The van der Waals surface area contributed by atoms with Crippen LogP contribution in [-0.2, 0) is 0 Å². The zero-order chi connectivity index (χ0) is 40.0. The summed E-state index contributed by atoms with van der Waals surface area (Å²) in [6.07, 6.45) is 0. The van der Waals surface area contributed by atoms with E-state index in [9.17, 15) is 0 Å². The lowest BCUT2D eigenvalue weighted by Gasteiger charge is -2.13. The highest BCUT2D eigenvalue weighted by Gasteiger charge is 2.22. The molecule has 4 heterocycles. The molecule has 0 radical (unpaired) electrons. The number of fused-ring (bicyclic) bond motifs is 10. The lowest BCUT2D eigenvalue weighted by Crippen LogP contribution is -2.01. The fraction of sp³-hybridized carbons (Fsp3) is 0. The second-order valence-electron chi connectivity index (χ2n) is 15.6. The van der Waals surface area contributed by atoms with Gasteiger partial charge in [0.05, 0.1) is 22.1 Å². The zero-order valence-corrected chi connectivity index (χ0v) is 32.6. The Balaban J connectivity index is 1.07. The van der Waals surface area contributed by atoms with Gasteiger partial charge in [0.1, 0.15) is 22.3 Å². The van der Waals surface area contributed by atoms with Crippen LogP contribution in [0.2, 0.25) is 0 Å². The minimum atomic E-state index is 0.534. The SMILES string of the molecule is c1ccc(-c2ccc(-c3nc(-c4ccc5c(c4)oc4ccccc45)nc(-c4cc(-n5c6ccccc6c6cc7ccccc7cc65)c5c(c4)oc4ccccc45)n3)cc2)cc1. The third kappa shape index (κ3) is 5.32. The minimum absolute atomic E-state index is 0.534. The first-order valence-electron chi connectivity index (χ1n) is 20.4. The molecule has 0 saturated carbocycles. The average molecular weight is 781 g/mol. The zero-order valence-electron chi connectivity index (χ0n) is 32.6. The van der Waals surface area contributed by atoms with Crippen molar-refractivity contribution >= 4 is 76.5 Å². The maximum atomic E-state index is 6.71. The number of nitrogens with zero attached hydrogens (tertiary/aromatic N) is 4. The summed E-state index contributed by atoms with van der Waals surface area (Å²) in [6.45, 7) is 0. The molecule has 284 valence electrons. The highest BCUT2D eigenvalue weighted by molar-refractivity contribution is 6.17. The number of hydrogen-bond acceptors (Lipinski definition) is 5. The second kappa shape index (κ2) is 13.1. The summed E-state index contributed by atoms with van der Waals surface area (Å²) in [5, 5.41) is 8.93. The molecule has 6 nitrogen and oxygen atoms in total. The molecular formula is C55H32N4O2. The monoisotopic (exact) mass is 780 g/mol. The summed E-state index contributed by atoms with van der Waals surface area (Å²) >= 11 is 0. The van der Waals surface area contributed by atoms with Crippen LogP contribution < -0.4 is 0 Å². The summed E-state index contributed by atoms with van der Waals surface area (Å²) in [5.41, 5.74) is 11.2. The van der Waals surface area contributed by atoms with Crippen molar-refractivity contribution in [1.29, 1.82) is 0 Å². The van der Waals surface area contributed by atoms with Gasteiger partial charge in [-0.25, -0.2) is 15.0 Å². The van der Waals surface area contributed by atoms with E-state index in [4.69, 9.17) is 23.8 Å². The van der Waals surface area contributed by atoms with Crippen LogP contribution in [0.4, 0.5) is 0 Å². The van der Waals surface area contributed by atoms with Crippen molar-refractivity contribution in [2.24, 2.45) is 0 Å². The minimum Gasteiger partial charge on any atom is -0.456 e. The molecule has 0 spiro atoms. The maximum Gasteiger partial charge on any atom is 0.164 e. The Labute approximate surface area is 348 Å². The van der Waals surface area contributed by atoms with E-state index in [0.29, 0.717) is 17.5 Å². The van der Waals surface area contributed by atoms with Crippen LogP contribution >= 0.6 is 0 Å². The summed E-state index contributed by atoms with van der Waals surface area (Å²) < 4.78 is 15.4. The molecule has 6 heteroatoms. The molecule has 0 aliphatic carbocycles. The number of furan rings is 2. The average Bonchev–Trinajstić information content (AvgIpc) is 4.00. The van der Waals surface area contributed by atoms with Crippen molar-refractivity contribution in [3.63, 3.8) is 0 Å². The van der Waals surface area contributed by atoms with Crippen LogP contribution in [-0.4, -0.2) is 19.5 Å². The van der Waals surface area contributed by atoms with Crippen LogP contribution in [0.25, 0.3) is 127 Å². The van der Waals surface area contributed by atoms with E-state index in [-0.39, 0.29) is 0 Å². The molecule has 13 aromatic rings. The highest BCUT2D eigenvalue weighted by Crippen LogP contribution is 2.42. The third-order valence-electron chi connectivity index (χ3n) is 12.0. The van der Waals surface area contributed by atoms with Crippen LogP contribution in [0.1, 0.15) is 0 Å². The topological polar surface area (TPSA) is 69.9 Å². The van der Waals surface area contributed by atoms with Gasteiger partial charge in [0, 0.05) is 43.6 Å². The van der Waals surface area contributed by atoms with Crippen molar-refractivity contribution in [3.05, 3.63) is 194 Å². The summed E-state index contributed by atoms with van der Waals surface area (Å²) in [4.78, 5) is 15.7. The van der Waals surface area contributed by atoms with Gasteiger partial charge in [-0.15, -0.1) is 0 Å². The number of hydrogen-bond donors (Lipinski definition) is 0. The summed E-state index contributed by atoms with van der Waals surface area (Å²) in [7, 11) is 0. The first kappa shape index (κ1) is 33.6. The van der Waals surface area contributed by atoms with E-state index in [0.717, 1.165) is 88.4 Å². The predicted molar refractivity (Wildman–Crippen MR) is 248 cm³/mol. The molecule has 0 aliphatic heterocycles. The van der Waals surface area contributed by atoms with Gasteiger partial charge in [0.15, 0.2) is 17.5 Å². The molecule has 0 fully saturated rings. The quantitative estimate of drug-likeness (QED) is 0.174. The Morgan fingerprint density at radius 1 is 0.311 bits per heavy atom. The fourth-order valence-corrected chi connectivity index (χ4v) is 9.12. The molecular weight excluding hydrogens is 749 g/mol. The predicted octanol–water partition coefficient (Wildman–Crippen LogP) is 14.6. The van der Waals surface area contributed by atoms with Crippen molar-refractivity contribution < 1.29 is 8.83 Å². The maximum absolute atomic E-state index is 6.71. The Morgan fingerprint density at radius 3 is 1.66 bits per heavy atom. The van der Waals surface area contributed by atoms with Gasteiger partial charge < -0.3 is 13.4 Å². The van der Waals surface area contributed by atoms with Gasteiger partial charge in [-0.3, -0.25) is 0 Å². The van der Waals surface area contributed by atoms with E-state index < -0.39 is 0 Å². The molecule has 9 aromatic carbocycles. The number of para-hydroxylation sites is 3. The molecule has 13 rings (SSSR count). The van der Waals surface area contributed by atoms with Gasteiger partial charge in [0.25, 0.3) is 0 Å². The Bertz CT molecular complexity index is 3880. The largest absolute Gasteiger partial charge is 0.456 e. The van der Waals surface area contributed by atoms with Gasteiger partial charge >= 0.3 is 0 Å². The van der Waals surface area contributed by atoms with Crippen molar-refractivity contribution in [2.75, 3.05) is 0 Å². The molecule has 0 aliphatic rings. The van der Waals surface area contributed by atoms with Crippen molar-refractivity contribution in [1.82, 2.24) is 19.5 Å². The lowest BCUT2D eigenvalue weighted by molar-refractivity contribution is 0.668. The molecule has 0 saturated heterocycles. The van der Waals surface area contributed by atoms with Gasteiger partial charge in [-0.05, 0) is 76.5 Å². The summed E-state index contributed by atoms with van der Waals surface area (Å²) in [5.74, 6) is 1.65. The van der Waals surface area contributed by atoms with Crippen molar-refractivity contribution in [3.8, 4) is 51.0 Å². The summed E-state index contributed by atoms with van der Waals surface area (Å²) in [6, 6.07) is 67.5. The normalized spacial score (nSPS) is 11.9. The molecule has 4 aromatic heterocycles. The number of aromatic nitrogens is 4. The fourth-order valence-electron chi connectivity index (χ4n) is 9.12.